The van der Waals surface area contributed by atoms with Gasteiger partial charge in [0.2, 0.25) is 0 Å². The summed E-state index contributed by atoms with van der Waals surface area (Å²) in [4.78, 5) is 74.1. The molecule has 2 saturated heterocycles. The number of carbonyl (C=O) groups excluding carboxylic acids is 4. The van der Waals surface area contributed by atoms with E-state index < -0.39 is 16.1 Å². The molecule has 11 rings (SSSR count). The van der Waals surface area contributed by atoms with Crippen LogP contribution in [0.4, 0.5) is 9.59 Å². The molecule has 2 fully saturated rings. The summed E-state index contributed by atoms with van der Waals surface area (Å²) in [5.74, 6) is 8.13. The third-order valence-electron chi connectivity index (χ3n) is 23.0. The van der Waals surface area contributed by atoms with Crippen molar-refractivity contribution in [2.45, 2.75) is 286 Å². The number of likely N-dealkylation sites (N-methyl/N-ethyl adjacent to an activating group) is 2. The smallest absolute Gasteiger partial charge is 0.269 e. The number of benzene rings is 1. The summed E-state index contributed by atoms with van der Waals surface area (Å²) in [7, 11) is -4.51. The molecule has 0 spiro atoms. The van der Waals surface area contributed by atoms with Gasteiger partial charge in [-0.3, -0.25) is 29.0 Å². The summed E-state index contributed by atoms with van der Waals surface area (Å²) in [5.41, 5.74) is 19.2. The van der Waals surface area contributed by atoms with E-state index in [1.54, 1.807) is 22.7 Å². The van der Waals surface area contributed by atoms with Gasteiger partial charge in [-0.05, 0) is 217 Å². The molecule has 0 bridgehead atoms. The van der Waals surface area contributed by atoms with Gasteiger partial charge in [-0.2, -0.15) is 0 Å². The van der Waals surface area contributed by atoms with Crippen LogP contribution in [0.25, 0.3) is 90.9 Å². The van der Waals surface area contributed by atoms with Gasteiger partial charge in [0.1, 0.15) is 16.1 Å². The molecule has 9 aromatic rings. The fraction of sp³-hybridized carbons (Fsp3) is 0.500. The second-order valence-corrected chi connectivity index (χ2v) is 53.8. The van der Waals surface area contributed by atoms with E-state index in [0.717, 1.165) is 84.6 Å². The van der Waals surface area contributed by atoms with Crippen LogP contribution in [0.2, 0.25) is 33.2 Å². The molecule has 1 aromatic carbocycles. The van der Waals surface area contributed by atoms with Crippen molar-refractivity contribution >= 4 is 185 Å². The number of hydrogen-bond donors (Lipinski definition) is 0. The highest BCUT2D eigenvalue weighted by atomic mass is 32.2. The molecule has 2 aliphatic rings. The number of amides is 4. The van der Waals surface area contributed by atoms with Crippen molar-refractivity contribution in [1.29, 1.82) is 0 Å². The Labute approximate surface area is 701 Å². The Morgan fingerprint density at radius 1 is 0.345 bits per heavy atom. The molecule has 18 heteroatoms. The second kappa shape index (κ2) is 38.9. The van der Waals surface area contributed by atoms with Crippen LogP contribution in [0.1, 0.15) is 270 Å². The van der Waals surface area contributed by atoms with E-state index >= 15 is 0 Å². The Morgan fingerprint density at radius 2 is 0.645 bits per heavy atom. The number of unbranched alkanes of at least 4 members (excludes halogenated alkanes) is 12. The standard InChI is InChI=1S/C92H116N2O4S10Si2/c1-19-25-29-33-37-63-49-77(101-75(63)55-83-89(95)93(23-5)91(97)107-83)71-41-43-73(99-71)79-51-65(39-35-31-27-21-3)85(103-79)81-53-69-67(45-47-109(57(7)8,58(9)10)59(11)12)88-70(68(87(69)105-81)46-48-110(60(13)14,61(15)16)62(17)18)54-82(106-88)86-66(40-36-32-28-22-4)52-80(104-86)74-44-42-72(100-74)78-50-64(38-34-30-26-20-2)76(102-78)56-84-90(96)94(24-6)92(98)108-84/h41-44,49-62H,19-40H2,1-18H3/b83-55-,84-56-. The summed E-state index contributed by atoms with van der Waals surface area (Å²) >= 11 is 17.2. The molecule has 0 N–H and O–H groups in total. The highest BCUT2D eigenvalue weighted by Gasteiger charge is 2.44. The van der Waals surface area contributed by atoms with Gasteiger partial charge in [-0.15, -0.1) is 102 Å². The molecule has 0 unspecified atom stereocenters. The first-order chi connectivity index (χ1) is 52.8. The lowest BCUT2D eigenvalue weighted by Gasteiger charge is -2.38. The summed E-state index contributed by atoms with van der Waals surface area (Å²) in [6.45, 7) is 43.0. The number of thiophene rings is 8. The van der Waals surface area contributed by atoms with Crippen molar-refractivity contribution in [3.05, 3.63) is 114 Å². The quantitative estimate of drug-likeness (QED) is 0.0169. The number of rotatable bonds is 36. The Balaban J connectivity index is 1.09. The second-order valence-electron chi connectivity index (χ2n) is 32.1. The summed E-state index contributed by atoms with van der Waals surface area (Å²) in [5, 5.41) is 2.12. The van der Waals surface area contributed by atoms with Crippen molar-refractivity contribution in [3.63, 3.8) is 0 Å². The maximum absolute atomic E-state index is 13.5. The number of nitrogens with zero attached hydrogens (tertiary/aromatic N) is 2. The van der Waals surface area contributed by atoms with Crippen molar-refractivity contribution in [2.75, 3.05) is 13.1 Å². The molecule has 4 amide bonds. The van der Waals surface area contributed by atoms with Crippen LogP contribution in [-0.4, -0.2) is 61.3 Å². The van der Waals surface area contributed by atoms with E-state index in [2.05, 4.69) is 194 Å². The van der Waals surface area contributed by atoms with Crippen LogP contribution in [-0.2, 0) is 35.3 Å². The molecule has 2 aliphatic heterocycles. The highest BCUT2D eigenvalue weighted by molar-refractivity contribution is 8.18. The lowest BCUT2D eigenvalue weighted by molar-refractivity contribution is -0.123. The fourth-order valence-electron chi connectivity index (χ4n) is 17.1. The van der Waals surface area contributed by atoms with E-state index in [1.165, 1.54) is 199 Å². The van der Waals surface area contributed by atoms with Crippen LogP contribution >= 0.6 is 114 Å². The van der Waals surface area contributed by atoms with E-state index in [-0.39, 0.29) is 22.3 Å². The number of imide groups is 2. The molecular formula is C92H116N2O4S10Si2. The molecule has 0 atom stereocenters. The minimum absolute atomic E-state index is 0.185. The fourth-order valence-corrected chi connectivity index (χ4v) is 39.1. The number of carbonyl (C=O) groups is 4. The van der Waals surface area contributed by atoms with Crippen molar-refractivity contribution < 1.29 is 19.2 Å². The van der Waals surface area contributed by atoms with Crippen LogP contribution in [0.5, 0.6) is 0 Å². The predicted octanol–water partition coefficient (Wildman–Crippen LogP) is 32.2. The van der Waals surface area contributed by atoms with E-state index in [4.69, 9.17) is 0 Å². The molecule has 10 heterocycles. The maximum atomic E-state index is 13.5. The lowest BCUT2D eigenvalue weighted by Crippen LogP contribution is -2.43. The largest absolute Gasteiger partial charge is 0.293 e. The minimum Gasteiger partial charge on any atom is -0.269 e. The van der Waals surface area contributed by atoms with Crippen LogP contribution in [0.15, 0.2) is 70.5 Å². The molecule has 0 aliphatic carbocycles. The number of aryl methyl sites for hydroxylation is 4. The first-order valence-corrected chi connectivity index (χ1v) is 53.8. The van der Waals surface area contributed by atoms with Gasteiger partial charge in [0.05, 0.1) is 30.3 Å². The zero-order valence-electron chi connectivity index (χ0n) is 68.6. The summed E-state index contributed by atoms with van der Waals surface area (Å²) in [6, 6.07) is 24.2. The third kappa shape index (κ3) is 18.6. The molecule has 0 saturated carbocycles. The number of fused-ring (bicyclic) bond motifs is 2. The van der Waals surface area contributed by atoms with Crippen molar-refractivity contribution in [1.82, 2.24) is 9.80 Å². The first kappa shape index (κ1) is 86.2. The maximum Gasteiger partial charge on any atom is 0.293 e. The number of thioether (sulfide) groups is 2. The van der Waals surface area contributed by atoms with Crippen molar-refractivity contribution in [3.8, 4) is 81.5 Å². The molecular weight excluding hydrogens is 1570 g/mol. The monoisotopic (exact) mass is 1690 g/mol. The Bertz CT molecular complexity index is 4550. The Kier molecular flexibility index (Phi) is 30.5. The number of hydrogen-bond acceptors (Lipinski definition) is 14. The molecule has 586 valence electrons. The third-order valence-corrected chi connectivity index (χ3v) is 47.6. The van der Waals surface area contributed by atoms with Gasteiger partial charge in [0, 0.05) is 92.1 Å². The lowest BCUT2D eigenvalue weighted by atomic mass is 10.0. The topological polar surface area (TPSA) is 74.8 Å². The molecule has 0 radical (unpaired) electrons. The summed E-state index contributed by atoms with van der Waals surface area (Å²) in [6.07, 6.45) is 26.7. The molecule has 110 heavy (non-hydrogen) atoms. The van der Waals surface area contributed by atoms with Crippen LogP contribution in [0.3, 0.4) is 0 Å². The Hall–Kier alpha value is -4.65. The highest BCUT2D eigenvalue weighted by Crippen LogP contribution is 2.54. The molecule has 6 nitrogen and oxygen atoms in total. The SMILES string of the molecule is CCCCCCc1cc(-c2ccc(-c3cc(CCCCCC)c(-c4cc5c(C#C[Si](C(C)C)(C(C)C)C(C)C)c6sc(-c7sc(-c8ccc(-c9cc(CCCCCC)c(/C=C%10\SC(=O)N(CC)C%10=O)s9)s8)cc7CCCCCC)cc6c(C#C[Si](C(C)C)(C(C)C)C(C)C)c5s4)s3)s2)sc1/C=C1\SC(=O)N(CC)C1=O. The first-order valence-electron chi connectivity index (χ1n) is 41.2. The van der Waals surface area contributed by atoms with Gasteiger partial charge < -0.3 is 0 Å². The average Bonchev–Trinajstić information content (AvgIpc) is 1.54. The zero-order chi connectivity index (χ0) is 78.9. The van der Waals surface area contributed by atoms with E-state index in [9.17, 15) is 19.2 Å². The van der Waals surface area contributed by atoms with Crippen LogP contribution < -0.4 is 0 Å². The molecule has 8 aromatic heterocycles. The van der Waals surface area contributed by atoms with Crippen molar-refractivity contribution in [2.24, 2.45) is 0 Å². The normalized spacial score (nSPS) is 14.7. The zero-order valence-corrected chi connectivity index (χ0v) is 78.7. The van der Waals surface area contributed by atoms with Crippen LogP contribution in [0, 0.1) is 22.9 Å². The van der Waals surface area contributed by atoms with Gasteiger partial charge in [-0.25, -0.2) is 0 Å². The van der Waals surface area contributed by atoms with E-state index in [1.807, 2.05) is 94.0 Å². The van der Waals surface area contributed by atoms with E-state index in [0.29, 0.717) is 56.1 Å². The summed E-state index contributed by atoms with van der Waals surface area (Å²) < 4.78 is 2.53. The predicted molar refractivity (Wildman–Crippen MR) is 501 cm³/mol. The van der Waals surface area contributed by atoms with Gasteiger partial charge in [-0.1, -0.05) is 200 Å². The van der Waals surface area contributed by atoms with Gasteiger partial charge in [0.15, 0.2) is 0 Å². The Morgan fingerprint density at radius 3 is 0.936 bits per heavy atom. The van der Waals surface area contributed by atoms with Gasteiger partial charge >= 0.3 is 0 Å². The van der Waals surface area contributed by atoms with Gasteiger partial charge in [0.25, 0.3) is 22.3 Å². The minimum atomic E-state index is -2.25. The average molecular weight is 1690 g/mol.